The van der Waals surface area contributed by atoms with Gasteiger partial charge in [0, 0.05) is 54.7 Å². The predicted octanol–water partition coefficient (Wildman–Crippen LogP) is 7.03. The molecule has 5 heterocycles. The molecular weight excluding hydrogens is 888 g/mol. The third-order valence-electron chi connectivity index (χ3n) is 8.90. The van der Waals surface area contributed by atoms with E-state index in [1.54, 1.807) is 36.7 Å². The number of carbonyl (C=O) groups is 5. The summed E-state index contributed by atoms with van der Waals surface area (Å²) in [4.78, 5) is 73.8. The van der Waals surface area contributed by atoms with Gasteiger partial charge in [-0.15, -0.1) is 0 Å². The molecule has 0 atom stereocenters. The van der Waals surface area contributed by atoms with E-state index in [0.29, 0.717) is 60.0 Å². The van der Waals surface area contributed by atoms with Crippen LogP contribution in [0.15, 0.2) is 67.1 Å². The number of anilines is 1. The summed E-state index contributed by atoms with van der Waals surface area (Å²) in [5, 5.41) is 0.0336. The molecule has 20 heteroatoms. The van der Waals surface area contributed by atoms with Gasteiger partial charge in [-0.2, -0.15) is 0 Å². The second kappa shape index (κ2) is 22.5. The highest BCUT2D eigenvalue weighted by atomic mass is 79.9. The van der Waals surface area contributed by atoms with E-state index in [9.17, 15) is 41.5 Å². The van der Waals surface area contributed by atoms with Crippen molar-refractivity contribution in [3.8, 4) is 11.5 Å². The number of imidazole rings is 1. The molecule has 0 unspecified atom stereocenters. The Balaban J connectivity index is 0.000000237. The van der Waals surface area contributed by atoms with Gasteiger partial charge in [-0.05, 0) is 57.9 Å². The number of ether oxygens (including phenoxy) is 4. The second-order valence-corrected chi connectivity index (χ2v) is 13.7. The maximum atomic E-state index is 12.9. The molecule has 0 radical (unpaired) electrons. The first kappa shape index (κ1) is 48.4. The first-order valence-corrected chi connectivity index (χ1v) is 20.2. The zero-order chi connectivity index (χ0) is 45.6. The molecule has 5 aromatic rings. The van der Waals surface area contributed by atoms with Crippen LogP contribution in [0.4, 0.5) is 23.4 Å². The van der Waals surface area contributed by atoms with Gasteiger partial charge in [-0.1, -0.05) is 28.1 Å². The fourth-order valence-corrected chi connectivity index (χ4v) is 5.98. The minimum absolute atomic E-state index is 0.0166. The van der Waals surface area contributed by atoms with Crippen molar-refractivity contribution in [2.75, 3.05) is 38.0 Å². The molecule has 0 amide bonds. The molecule has 0 saturated heterocycles. The maximum Gasteiger partial charge on any atom is 0.375 e. The van der Waals surface area contributed by atoms with Gasteiger partial charge in [0.1, 0.15) is 51.2 Å². The van der Waals surface area contributed by atoms with E-state index in [4.69, 9.17) is 19.9 Å². The number of Topliss-reactive ketones (excluding diaryl/α,β-unsaturated/α-hetero) is 3. The van der Waals surface area contributed by atoms with Gasteiger partial charge >= 0.3 is 11.9 Å². The number of nitrogens with zero attached hydrogens (tertiary/aromatic N) is 5. The lowest BCUT2D eigenvalue weighted by Crippen LogP contribution is -2.22. The van der Waals surface area contributed by atoms with Crippen LogP contribution in [0, 0.1) is 0 Å². The maximum absolute atomic E-state index is 12.9. The summed E-state index contributed by atoms with van der Waals surface area (Å²) >= 11 is 2.83. The molecule has 0 spiro atoms. The molecule has 6 rings (SSSR count). The smallest absolute Gasteiger partial charge is 0.375 e. The number of aromatic nitrogens is 5. The lowest BCUT2D eigenvalue weighted by Gasteiger charge is -2.11. The highest BCUT2D eigenvalue weighted by Crippen LogP contribution is 2.48. The standard InChI is InChI=1S/C22H21F2N3O4.C15H15F2N3O2.C5H7BrO3/c1-3-31-17-10-19-26-18(22(7-8-22)21(29)30-2)12-27(19)11-13(17)9-16(28)14-5-4-6-15(25-14)20(23)24;1-2-22-13-7-14(18)19-8-9(13)6-12(21)10-4-3-5-11(20-10)15(16)17;1-2-9-5(8)4(7)3-6/h4-6,10-12,20H,3,7-9H2,1-2H3;3-5,7-8,15H,2,6H2,1H3,(H2,18,19);2-3H2,1H3. The van der Waals surface area contributed by atoms with Crippen LogP contribution in [0.3, 0.4) is 0 Å². The summed E-state index contributed by atoms with van der Waals surface area (Å²) in [7, 11) is 1.35. The molecule has 5 aromatic heterocycles. The molecule has 1 aliphatic rings. The number of alkyl halides is 5. The first-order valence-electron chi connectivity index (χ1n) is 19.0. The zero-order valence-electron chi connectivity index (χ0n) is 34.0. The largest absolute Gasteiger partial charge is 0.493 e. The number of fused-ring (bicyclic) bond motifs is 1. The van der Waals surface area contributed by atoms with Crippen molar-refractivity contribution in [2.45, 2.75) is 64.7 Å². The van der Waals surface area contributed by atoms with Crippen molar-refractivity contribution < 1.29 is 60.5 Å². The molecule has 0 aliphatic heterocycles. The molecule has 1 saturated carbocycles. The number of nitrogen functional groups attached to an aromatic ring is 1. The van der Waals surface area contributed by atoms with Crippen molar-refractivity contribution >= 4 is 56.7 Å². The van der Waals surface area contributed by atoms with E-state index in [0.717, 1.165) is 0 Å². The summed E-state index contributed by atoms with van der Waals surface area (Å²) in [6, 6.07) is 11.2. The Morgan fingerprint density at radius 3 is 1.82 bits per heavy atom. The Hall–Kier alpha value is -6.31. The number of halogens is 5. The minimum atomic E-state index is -2.75. The summed E-state index contributed by atoms with van der Waals surface area (Å²) in [5.41, 5.74) is 6.22. The predicted molar refractivity (Wildman–Crippen MR) is 219 cm³/mol. The van der Waals surface area contributed by atoms with E-state index in [-0.39, 0.29) is 48.0 Å². The lowest BCUT2D eigenvalue weighted by molar-refractivity contribution is -0.152. The Kier molecular flexibility index (Phi) is 17.6. The molecule has 1 aliphatic carbocycles. The van der Waals surface area contributed by atoms with E-state index < -0.39 is 53.0 Å². The SMILES string of the molecule is CCOC(=O)C(=O)CBr.CCOc1cc(N)ncc1CC(=O)c1cccc(C(F)F)n1.CCOc1cc2nc(C3(C(=O)OC)CC3)cn2cc1CC(=O)c1cccc(C(F)F)n1. The van der Waals surface area contributed by atoms with Gasteiger partial charge in [-0.25, -0.2) is 42.3 Å². The van der Waals surface area contributed by atoms with Crippen LogP contribution in [0.2, 0.25) is 0 Å². The first-order chi connectivity index (χ1) is 29.6. The summed E-state index contributed by atoms with van der Waals surface area (Å²) in [6.45, 7) is 6.30. The number of pyridine rings is 4. The van der Waals surface area contributed by atoms with Gasteiger partial charge in [0.25, 0.3) is 12.9 Å². The van der Waals surface area contributed by atoms with Crippen LogP contribution in [0.1, 0.15) is 95.6 Å². The van der Waals surface area contributed by atoms with Crippen molar-refractivity contribution in [2.24, 2.45) is 0 Å². The van der Waals surface area contributed by atoms with Gasteiger partial charge in [0.2, 0.25) is 5.78 Å². The number of ketones is 3. The topological polar surface area (TPSA) is 204 Å². The van der Waals surface area contributed by atoms with Gasteiger partial charge in [0.05, 0.1) is 38.0 Å². The van der Waals surface area contributed by atoms with E-state index >= 15 is 0 Å². The number of methoxy groups -OCH3 is 1. The summed E-state index contributed by atoms with van der Waals surface area (Å²) < 4.78 is 73.2. The monoisotopic (exact) mass is 930 g/mol. The highest BCUT2D eigenvalue weighted by Gasteiger charge is 2.54. The number of hydrogen-bond donors (Lipinski definition) is 1. The van der Waals surface area contributed by atoms with E-state index in [1.165, 1.54) is 55.8 Å². The van der Waals surface area contributed by atoms with Crippen LogP contribution in [0.25, 0.3) is 5.65 Å². The molecule has 62 heavy (non-hydrogen) atoms. The van der Waals surface area contributed by atoms with Gasteiger partial charge in [0.15, 0.2) is 11.6 Å². The fraction of sp³-hybridized carbons (Fsp3) is 0.357. The zero-order valence-corrected chi connectivity index (χ0v) is 35.6. The third-order valence-corrected chi connectivity index (χ3v) is 9.41. The Labute approximate surface area is 361 Å². The number of carbonyl (C=O) groups excluding carboxylic acids is 5. The number of esters is 2. The van der Waals surface area contributed by atoms with Crippen LogP contribution in [-0.4, -0.2) is 85.9 Å². The number of hydrogen-bond acceptors (Lipinski definition) is 14. The van der Waals surface area contributed by atoms with Crippen LogP contribution >= 0.6 is 15.9 Å². The third kappa shape index (κ3) is 12.6. The normalized spacial score (nSPS) is 12.4. The molecule has 1 fully saturated rings. The van der Waals surface area contributed by atoms with E-state index in [2.05, 4.69) is 40.6 Å². The molecule has 2 N–H and O–H groups in total. The van der Waals surface area contributed by atoms with Crippen molar-refractivity contribution in [3.05, 3.63) is 107 Å². The Morgan fingerprint density at radius 1 is 0.790 bits per heavy atom. The lowest BCUT2D eigenvalue weighted by atomic mass is 10.0. The van der Waals surface area contributed by atoms with Gasteiger partial charge in [-0.3, -0.25) is 19.2 Å². The number of nitrogens with two attached hydrogens (primary N) is 1. The molecule has 0 bridgehead atoms. The van der Waals surface area contributed by atoms with Crippen LogP contribution < -0.4 is 15.2 Å². The Morgan fingerprint density at radius 2 is 1.34 bits per heavy atom. The quantitative estimate of drug-likeness (QED) is 0.0327. The average Bonchev–Trinajstić information content (AvgIpc) is 3.98. The molecule has 330 valence electrons. The fourth-order valence-electron chi connectivity index (χ4n) is 5.75. The van der Waals surface area contributed by atoms with Crippen molar-refractivity contribution in [1.29, 1.82) is 0 Å². The average molecular weight is 932 g/mol. The second-order valence-electron chi connectivity index (χ2n) is 13.2. The molecule has 15 nitrogen and oxygen atoms in total. The van der Waals surface area contributed by atoms with Gasteiger partial charge < -0.3 is 29.1 Å². The Bertz CT molecular complexity index is 2390. The summed E-state index contributed by atoms with van der Waals surface area (Å²) in [5.74, 6) is -1.24. The molecular formula is C42H43BrF4N6O9. The van der Waals surface area contributed by atoms with E-state index in [1.807, 2.05) is 6.92 Å². The molecule has 0 aromatic carbocycles. The van der Waals surface area contributed by atoms with Crippen molar-refractivity contribution in [1.82, 2.24) is 24.3 Å². The summed E-state index contributed by atoms with van der Waals surface area (Å²) in [6.07, 6.45) is 0.621. The van der Waals surface area contributed by atoms with Crippen LogP contribution in [-0.2, 0) is 42.1 Å². The van der Waals surface area contributed by atoms with Crippen molar-refractivity contribution in [3.63, 3.8) is 0 Å². The van der Waals surface area contributed by atoms with Crippen LogP contribution in [0.5, 0.6) is 11.5 Å². The highest BCUT2D eigenvalue weighted by molar-refractivity contribution is 9.09. The number of rotatable bonds is 17. The minimum Gasteiger partial charge on any atom is -0.493 e.